The quantitative estimate of drug-likeness (QED) is 0.791. The van der Waals surface area contributed by atoms with Gasteiger partial charge in [-0.3, -0.25) is 4.40 Å². The second-order valence-corrected chi connectivity index (χ2v) is 5.66. The fraction of sp³-hybridized carbons (Fsp3) is 0.308. The molecule has 19 heavy (non-hydrogen) atoms. The van der Waals surface area contributed by atoms with E-state index in [9.17, 15) is 0 Å². The van der Waals surface area contributed by atoms with Crippen LogP contribution in [-0.2, 0) is 13.1 Å². The molecule has 0 bridgehead atoms. The Hall–Kier alpha value is -1.79. The lowest BCUT2D eigenvalue weighted by atomic mass is 10.3. The van der Waals surface area contributed by atoms with E-state index in [4.69, 9.17) is 0 Å². The van der Waals surface area contributed by atoms with Crippen molar-refractivity contribution in [1.82, 2.24) is 24.7 Å². The van der Waals surface area contributed by atoms with E-state index in [1.54, 1.807) is 23.9 Å². The lowest BCUT2D eigenvalue weighted by molar-refractivity contribution is 0.659. The van der Waals surface area contributed by atoms with Crippen molar-refractivity contribution in [2.75, 3.05) is 0 Å². The Morgan fingerprint density at radius 1 is 1.32 bits per heavy atom. The highest BCUT2D eigenvalue weighted by molar-refractivity contribution is 7.17. The molecule has 6 heteroatoms. The molecule has 3 aromatic rings. The minimum atomic E-state index is 0.734. The first-order valence-corrected chi connectivity index (χ1v) is 6.95. The molecule has 0 aliphatic carbocycles. The van der Waals surface area contributed by atoms with Crippen LogP contribution in [0.4, 0.5) is 0 Å². The average molecular weight is 273 g/mol. The van der Waals surface area contributed by atoms with Crippen molar-refractivity contribution in [1.29, 1.82) is 0 Å². The molecule has 0 unspecified atom stereocenters. The van der Waals surface area contributed by atoms with Crippen LogP contribution < -0.4 is 5.32 Å². The van der Waals surface area contributed by atoms with Crippen LogP contribution in [0.3, 0.4) is 0 Å². The van der Waals surface area contributed by atoms with Crippen LogP contribution >= 0.6 is 11.3 Å². The van der Waals surface area contributed by atoms with Gasteiger partial charge < -0.3 is 5.32 Å². The smallest absolute Gasteiger partial charge is 0.194 e. The summed E-state index contributed by atoms with van der Waals surface area (Å²) in [5.74, 6) is 0. The van der Waals surface area contributed by atoms with E-state index in [0.717, 1.165) is 29.4 Å². The van der Waals surface area contributed by atoms with Crippen LogP contribution in [-0.4, -0.2) is 19.4 Å². The maximum Gasteiger partial charge on any atom is 0.194 e. The molecule has 98 valence electrons. The fourth-order valence-electron chi connectivity index (χ4n) is 2.05. The van der Waals surface area contributed by atoms with E-state index in [2.05, 4.69) is 44.7 Å². The van der Waals surface area contributed by atoms with E-state index in [0.29, 0.717) is 0 Å². The Morgan fingerprint density at radius 3 is 3.00 bits per heavy atom. The zero-order chi connectivity index (χ0) is 13.2. The van der Waals surface area contributed by atoms with E-state index in [1.165, 1.54) is 10.6 Å². The number of imidazole rings is 1. The Labute approximate surface area is 115 Å². The minimum absolute atomic E-state index is 0.734. The highest BCUT2D eigenvalue weighted by Gasteiger charge is 2.10. The highest BCUT2D eigenvalue weighted by atomic mass is 32.1. The topological polar surface area (TPSA) is 55.1 Å². The number of aromatic nitrogens is 4. The molecule has 3 aromatic heterocycles. The zero-order valence-corrected chi connectivity index (χ0v) is 11.7. The van der Waals surface area contributed by atoms with Crippen LogP contribution in [0.15, 0.2) is 24.8 Å². The second-order valence-electron chi connectivity index (χ2n) is 4.44. The Morgan fingerprint density at radius 2 is 2.21 bits per heavy atom. The lowest BCUT2D eigenvalue weighted by Gasteiger charge is -2.04. The average Bonchev–Trinajstić information content (AvgIpc) is 2.88. The highest BCUT2D eigenvalue weighted by Crippen LogP contribution is 2.20. The monoisotopic (exact) mass is 273 g/mol. The van der Waals surface area contributed by atoms with Gasteiger partial charge in [0, 0.05) is 30.4 Å². The maximum atomic E-state index is 4.58. The largest absolute Gasteiger partial charge is 0.305 e. The van der Waals surface area contributed by atoms with Crippen LogP contribution in [0.25, 0.3) is 4.96 Å². The molecule has 0 saturated heterocycles. The second kappa shape index (κ2) is 5.07. The van der Waals surface area contributed by atoms with E-state index >= 15 is 0 Å². The summed E-state index contributed by atoms with van der Waals surface area (Å²) in [6, 6.07) is 1.92. The van der Waals surface area contributed by atoms with Gasteiger partial charge in [-0.25, -0.2) is 15.0 Å². The van der Waals surface area contributed by atoms with Gasteiger partial charge in [-0.1, -0.05) is 0 Å². The Balaban J connectivity index is 1.73. The first-order valence-electron chi connectivity index (χ1n) is 6.13. The van der Waals surface area contributed by atoms with E-state index < -0.39 is 0 Å². The van der Waals surface area contributed by atoms with Gasteiger partial charge in [-0.15, -0.1) is 11.3 Å². The third-order valence-corrected chi connectivity index (χ3v) is 3.88. The van der Waals surface area contributed by atoms with Crippen molar-refractivity contribution in [3.63, 3.8) is 0 Å². The fourth-order valence-corrected chi connectivity index (χ4v) is 2.94. The standard InChI is InChI=1S/C13H15N5S/c1-9-7-18-12(10(2)17-13(18)19-9)6-15-5-11-3-4-14-8-16-11/h3-4,7-8,15H,5-6H2,1-2H3. The van der Waals surface area contributed by atoms with Gasteiger partial charge in [0.15, 0.2) is 4.96 Å². The lowest BCUT2D eigenvalue weighted by Crippen LogP contribution is -2.15. The van der Waals surface area contributed by atoms with Crippen molar-refractivity contribution in [3.05, 3.63) is 46.7 Å². The van der Waals surface area contributed by atoms with Crippen molar-refractivity contribution >= 4 is 16.3 Å². The van der Waals surface area contributed by atoms with Gasteiger partial charge in [0.05, 0.1) is 17.1 Å². The molecule has 0 aliphatic heterocycles. The minimum Gasteiger partial charge on any atom is -0.305 e. The number of hydrogen-bond acceptors (Lipinski definition) is 5. The summed E-state index contributed by atoms with van der Waals surface area (Å²) >= 11 is 1.72. The van der Waals surface area contributed by atoms with Crippen LogP contribution in [0.5, 0.6) is 0 Å². The van der Waals surface area contributed by atoms with Gasteiger partial charge in [0.25, 0.3) is 0 Å². The molecule has 0 radical (unpaired) electrons. The normalized spacial score (nSPS) is 11.3. The van der Waals surface area contributed by atoms with E-state index in [-0.39, 0.29) is 0 Å². The van der Waals surface area contributed by atoms with E-state index in [1.807, 2.05) is 6.07 Å². The number of nitrogens with zero attached hydrogens (tertiary/aromatic N) is 4. The zero-order valence-electron chi connectivity index (χ0n) is 10.9. The Kier molecular flexibility index (Phi) is 3.27. The number of hydrogen-bond donors (Lipinski definition) is 1. The molecule has 0 fully saturated rings. The molecule has 0 spiro atoms. The maximum absolute atomic E-state index is 4.58. The molecule has 3 rings (SSSR count). The van der Waals surface area contributed by atoms with Crippen molar-refractivity contribution < 1.29 is 0 Å². The SMILES string of the molecule is Cc1cn2c(CNCc3ccncn3)c(C)nc2s1. The summed E-state index contributed by atoms with van der Waals surface area (Å²) in [7, 11) is 0. The third kappa shape index (κ3) is 2.50. The van der Waals surface area contributed by atoms with Crippen molar-refractivity contribution in [3.8, 4) is 0 Å². The molecular formula is C13H15N5S. The van der Waals surface area contributed by atoms with Gasteiger partial charge in [0.2, 0.25) is 0 Å². The number of fused-ring (bicyclic) bond motifs is 1. The molecule has 5 nitrogen and oxygen atoms in total. The van der Waals surface area contributed by atoms with Gasteiger partial charge >= 0.3 is 0 Å². The molecule has 0 aliphatic rings. The number of nitrogens with one attached hydrogen (secondary N) is 1. The van der Waals surface area contributed by atoms with Crippen molar-refractivity contribution in [2.45, 2.75) is 26.9 Å². The van der Waals surface area contributed by atoms with Crippen LogP contribution in [0, 0.1) is 13.8 Å². The molecule has 0 saturated carbocycles. The molecular weight excluding hydrogens is 258 g/mol. The summed E-state index contributed by atoms with van der Waals surface area (Å²) < 4.78 is 2.17. The van der Waals surface area contributed by atoms with Gasteiger partial charge in [-0.05, 0) is 19.9 Å². The molecule has 0 aromatic carbocycles. The number of aryl methyl sites for hydroxylation is 2. The number of thiazole rings is 1. The predicted molar refractivity (Wildman–Crippen MR) is 75.1 cm³/mol. The summed E-state index contributed by atoms with van der Waals surface area (Å²) in [6.45, 7) is 5.68. The van der Waals surface area contributed by atoms with Crippen LogP contribution in [0.1, 0.15) is 22.0 Å². The number of rotatable bonds is 4. The van der Waals surface area contributed by atoms with Gasteiger partial charge in [-0.2, -0.15) is 0 Å². The molecule has 0 atom stereocenters. The predicted octanol–water partition coefficient (Wildman–Crippen LogP) is 2.09. The van der Waals surface area contributed by atoms with Crippen molar-refractivity contribution in [2.24, 2.45) is 0 Å². The first kappa shape index (κ1) is 12.3. The molecule has 1 N–H and O–H groups in total. The third-order valence-electron chi connectivity index (χ3n) is 2.98. The summed E-state index contributed by atoms with van der Waals surface area (Å²) in [5, 5.41) is 3.40. The summed E-state index contributed by atoms with van der Waals surface area (Å²) in [5.41, 5.74) is 3.30. The first-order chi connectivity index (χ1) is 9.24. The molecule has 3 heterocycles. The summed E-state index contributed by atoms with van der Waals surface area (Å²) in [6.07, 6.45) is 5.47. The Bertz CT molecular complexity index is 686. The van der Waals surface area contributed by atoms with Crippen LogP contribution in [0.2, 0.25) is 0 Å². The van der Waals surface area contributed by atoms with Gasteiger partial charge in [0.1, 0.15) is 6.33 Å². The summed E-state index contributed by atoms with van der Waals surface area (Å²) in [4.78, 5) is 15.0. The molecule has 0 amide bonds.